The van der Waals surface area contributed by atoms with Crippen molar-refractivity contribution < 1.29 is 13.2 Å². The van der Waals surface area contributed by atoms with E-state index in [-0.39, 0.29) is 11.9 Å². The molecule has 0 spiro atoms. The molecule has 0 bridgehead atoms. The van der Waals surface area contributed by atoms with Crippen molar-refractivity contribution in [2.24, 2.45) is 0 Å². The van der Waals surface area contributed by atoms with Crippen molar-refractivity contribution in [1.29, 1.82) is 0 Å². The Morgan fingerprint density at radius 2 is 2.00 bits per heavy atom. The molecule has 0 N–H and O–H groups in total. The molecule has 1 aliphatic rings. The predicted octanol–water partition coefficient (Wildman–Crippen LogP) is 2.46. The number of aryl methyl sites for hydroxylation is 1. The fourth-order valence-electron chi connectivity index (χ4n) is 3.76. The van der Waals surface area contributed by atoms with Gasteiger partial charge in [-0.25, -0.2) is 8.42 Å². The minimum absolute atomic E-state index is 0.00771. The van der Waals surface area contributed by atoms with Gasteiger partial charge in [0.05, 0.1) is 5.25 Å². The first-order chi connectivity index (χ1) is 11.4. The normalized spacial score (nSPS) is 21.2. The number of amides is 1. The highest BCUT2D eigenvalue weighted by molar-refractivity contribution is 7.91. The van der Waals surface area contributed by atoms with Crippen molar-refractivity contribution in [1.82, 2.24) is 9.47 Å². The van der Waals surface area contributed by atoms with Crippen LogP contribution in [0.3, 0.4) is 0 Å². The van der Waals surface area contributed by atoms with Crippen LogP contribution in [-0.2, 0) is 21.2 Å². The topological polar surface area (TPSA) is 59.4 Å². The lowest BCUT2D eigenvalue weighted by Crippen LogP contribution is -2.44. The average molecular weight is 348 g/mol. The second kappa shape index (κ2) is 6.59. The van der Waals surface area contributed by atoms with Gasteiger partial charge < -0.3 is 9.47 Å². The van der Waals surface area contributed by atoms with E-state index in [4.69, 9.17) is 0 Å². The molecule has 1 amide bonds. The van der Waals surface area contributed by atoms with Crippen molar-refractivity contribution >= 4 is 26.6 Å². The average Bonchev–Trinajstić information content (AvgIpc) is 3.18. The lowest BCUT2D eigenvalue weighted by Gasteiger charge is -2.29. The van der Waals surface area contributed by atoms with Gasteiger partial charge in [-0.2, -0.15) is 0 Å². The zero-order valence-corrected chi connectivity index (χ0v) is 15.0. The number of aromatic nitrogens is 1. The Labute approximate surface area is 143 Å². The fourth-order valence-corrected chi connectivity index (χ4v) is 5.25. The highest BCUT2D eigenvalue weighted by Gasteiger charge is 2.38. The number of para-hydroxylation sites is 1. The number of rotatable bonds is 5. The second-order valence-electron chi connectivity index (χ2n) is 6.69. The maximum absolute atomic E-state index is 12.6. The Morgan fingerprint density at radius 1 is 1.25 bits per heavy atom. The molecule has 0 aliphatic heterocycles. The molecule has 1 fully saturated rings. The van der Waals surface area contributed by atoms with E-state index in [0.29, 0.717) is 19.4 Å². The number of fused-ring (bicyclic) bond motifs is 1. The molecule has 5 nitrogen and oxygen atoms in total. The van der Waals surface area contributed by atoms with Crippen molar-refractivity contribution in [3.8, 4) is 0 Å². The summed E-state index contributed by atoms with van der Waals surface area (Å²) in [5.74, 6) is 0.00771. The number of carbonyl (C=O) groups is 1. The van der Waals surface area contributed by atoms with Crippen LogP contribution in [0.25, 0.3) is 10.9 Å². The molecule has 1 aromatic carbocycles. The van der Waals surface area contributed by atoms with Crippen molar-refractivity contribution in [3.05, 3.63) is 36.5 Å². The van der Waals surface area contributed by atoms with Crippen LogP contribution in [0.15, 0.2) is 36.5 Å². The van der Waals surface area contributed by atoms with E-state index < -0.39 is 15.1 Å². The van der Waals surface area contributed by atoms with Crippen LogP contribution in [0.1, 0.15) is 25.7 Å². The van der Waals surface area contributed by atoms with Gasteiger partial charge in [-0.05, 0) is 36.8 Å². The molecular formula is C18H24N2O3S. The third-order valence-electron chi connectivity index (χ3n) is 5.11. The quantitative estimate of drug-likeness (QED) is 0.834. The number of carbonyl (C=O) groups excluding carboxylic acids is 1. The molecule has 2 aromatic rings. The summed E-state index contributed by atoms with van der Waals surface area (Å²) >= 11 is 0. The van der Waals surface area contributed by atoms with Crippen LogP contribution >= 0.6 is 0 Å². The van der Waals surface area contributed by atoms with Gasteiger partial charge in [0.1, 0.15) is 0 Å². The molecule has 130 valence electrons. The molecule has 24 heavy (non-hydrogen) atoms. The minimum Gasteiger partial charge on any atom is -0.347 e. The Bertz CT molecular complexity index is 841. The van der Waals surface area contributed by atoms with Gasteiger partial charge in [-0.3, -0.25) is 4.79 Å². The summed E-state index contributed by atoms with van der Waals surface area (Å²) in [4.78, 5) is 14.2. The zero-order valence-electron chi connectivity index (χ0n) is 14.2. The highest BCUT2D eigenvalue weighted by Crippen LogP contribution is 2.29. The van der Waals surface area contributed by atoms with Gasteiger partial charge in [0.15, 0.2) is 9.84 Å². The summed E-state index contributed by atoms with van der Waals surface area (Å²) < 4.78 is 25.9. The summed E-state index contributed by atoms with van der Waals surface area (Å²) in [6, 6.07) is 9.93. The lowest BCUT2D eigenvalue weighted by molar-refractivity contribution is -0.132. The molecule has 3 rings (SSSR count). The third-order valence-corrected chi connectivity index (χ3v) is 6.76. The number of benzene rings is 1. The van der Waals surface area contributed by atoms with E-state index in [1.54, 1.807) is 11.9 Å². The summed E-state index contributed by atoms with van der Waals surface area (Å²) in [7, 11) is -1.38. The summed E-state index contributed by atoms with van der Waals surface area (Å²) in [5, 5.41) is 0.741. The molecule has 1 aliphatic carbocycles. The standard InChI is InChI=1S/C18H24N2O3S/c1-19(16-8-5-9-17(16)24(2,22)23)18(21)11-13-20-12-10-14-6-3-4-7-15(14)20/h3-4,6-7,10,12,16-17H,5,8-9,11,13H2,1-2H3/t16-,17+/m0/s1. The molecular weight excluding hydrogens is 324 g/mol. The lowest BCUT2D eigenvalue weighted by atomic mass is 10.2. The maximum atomic E-state index is 12.6. The number of hydrogen-bond donors (Lipinski definition) is 0. The van der Waals surface area contributed by atoms with Gasteiger partial charge in [0, 0.05) is 44.0 Å². The third kappa shape index (κ3) is 3.34. The van der Waals surface area contributed by atoms with E-state index in [1.807, 2.05) is 30.5 Å². The second-order valence-corrected chi connectivity index (χ2v) is 8.95. The van der Waals surface area contributed by atoms with Crippen molar-refractivity contribution in [2.75, 3.05) is 13.3 Å². The van der Waals surface area contributed by atoms with Crippen molar-refractivity contribution in [3.63, 3.8) is 0 Å². The molecule has 2 atom stereocenters. The zero-order chi connectivity index (χ0) is 17.3. The monoisotopic (exact) mass is 348 g/mol. The Balaban J connectivity index is 1.66. The summed E-state index contributed by atoms with van der Waals surface area (Å²) in [6.07, 6.45) is 5.94. The van der Waals surface area contributed by atoms with E-state index in [1.165, 1.54) is 6.26 Å². The van der Waals surface area contributed by atoms with E-state index in [0.717, 1.165) is 23.7 Å². The molecule has 0 saturated heterocycles. The van der Waals surface area contributed by atoms with Crippen LogP contribution in [0.5, 0.6) is 0 Å². The van der Waals surface area contributed by atoms with Gasteiger partial charge in [-0.15, -0.1) is 0 Å². The largest absolute Gasteiger partial charge is 0.347 e. The Morgan fingerprint density at radius 3 is 2.75 bits per heavy atom. The summed E-state index contributed by atoms with van der Waals surface area (Å²) in [5.41, 5.74) is 1.11. The SMILES string of the molecule is CN(C(=O)CCn1ccc2ccccc21)[C@H]1CCC[C@H]1S(C)(=O)=O. The first-order valence-corrected chi connectivity index (χ1v) is 10.3. The molecule has 1 saturated carbocycles. The van der Waals surface area contributed by atoms with Crippen LogP contribution in [0.4, 0.5) is 0 Å². The smallest absolute Gasteiger partial charge is 0.224 e. The van der Waals surface area contributed by atoms with Crippen molar-refractivity contribution in [2.45, 2.75) is 43.5 Å². The Kier molecular flexibility index (Phi) is 4.67. The van der Waals surface area contributed by atoms with Crippen LogP contribution in [-0.4, -0.2) is 48.4 Å². The molecule has 6 heteroatoms. The predicted molar refractivity (Wildman–Crippen MR) is 95.6 cm³/mol. The minimum atomic E-state index is -3.12. The first-order valence-electron chi connectivity index (χ1n) is 8.36. The van der Waals surface area contributed by atoms with Gasteiger partial charge in [0.25, 0.3) is 0 Å². The first kappa shape index (κ1) is 17.0. The van der Waals surface area contributed by atoms with E-state index in [9.17, 15) is 13.2 Å². The van der Waals surface area contributed by atoms with Crippen LogP contribution in [0.2, 0.25) is 0 Å². The highest BCUT2D eigenvalue weighted by atomic mass is 32.2. The molecule has 0 radical (unpaired) electrons. The molecule has 1 aromatic heterocycles. The maximum Gasteiger partial charge on any atom is 0.224 e. The van der Waals surface area contributed by atoms with Crippen LogP contribution in [0, 0.1) is 0 Å². The van der Waals surface area contributed by atoms with Gasteiger partial charge in [-0.1, -0.05) is 18.2 Å². The summed E-state index contributed by atoms with van der Waals surface area (Å²) in [6.45, 7) is 0.604. The molecule has 0 unspecified atom stereocenters. The van der Waals surface area contributed by atoms with Gasteiger partial charge >= 0.3 is 0 Å². The van der Waals surface area contributed by atoms with E-state index >= 15 is 0 Å². The van der Waals surface area contributed by atoms with Crippen LogP contribution < -0.4 is 0 Å². The van der Waals surface area contributed by atoms with E-state index in [2.05, 4.69) is 10.6 Å². The number of nitrogens with zero attached hydrogens (tertiary/aromatic N) is 2. The fraction of sp³-hybridized carbons (Fsp3) is 0.500. The number of hydrogen-bond acceptors (Lipinski definition) is 3. The Hall–Kier alpha value is -1.82. The van der Waals surface area contributed by atoms with Gasteiger partial charge in [0.2, 0.25) is 5.91 Å². The molecule has 1 heterocycles. The number of sulfone groups is 1.